The highest BCUT2D eigenvalue weighted by Crippen LogP contribution is 2.27. The molecule has 2 heterocycles. The van der Waals surface area contributed by atoms with Crippen LogP contribution in [0.1, 0.15) is 65.5 Å². The summed E-state index contributed by atoms with van der Waals surface area (Å²) in [5, 5.41) is 8.07. The highest BCUT2D eigenvalue weighted by molar-refractivity contribution is 7.85. The van der Waals surface area contributed by atoms with Crippen LogP contribution >= 0.6 is 0 Å². The zero-order valence-electron chi connectivity index (χ0n) is 61.2. The minimum atomic E-state index is -4.37. The average Bonchev–Trinajstić information content (AvgIpc) is 1.64. The van der Waals surface area contributed by atoms with Crippen LogP contribution in [0.5, 0.6) is 0 Å². The number of amides is 6. The molecule has 2 aliphatic rings. The Morgan fingerprint density at radius 3 is 1.34 bits per heavy atom. The van der Waals surface area contributed by atoms with Crippen molar-refractivity contribution in [2.24, 2.45) is 11.3 Å². The van der Waals surface area contributed by atoms with Gasteiger partial charge in [-0.2, -0.15) is 8.42 Å². The lowest BCUT2D eigenvalue weighted by molar-refractivity contribution is -0.154. The van der Waals surface area contributed by atoms with Gasteiger partial charge < -0.3 is 111 Å². The van der Waals surface area contributed by atoms with Crippen LogP contribution in [0.15, 0.2) is 30.4 Å². The van der Waals surface area contributed by atoms with Gasteiger partial charge in [0, 0.05) is 38.0 Å². The van der Waals surface area contributed by atoms with E-state index in [1.165, 1.54) is 6.92 Å². The van der Waals surface area contributed by atoms with E-state index in [1.54, 1.807) is 59.9 Å². The molecule has 1 aromatic rings. The maximum Gasteiger partial charge on any atom is 0.311 e. The topological polar surface area (TPSA) is 392 Å². The third kappa shape index (κ3) is 44.4. The first-order valence-corrected chi connectivity index (χ1v) is 36.5. The van der Waals surface area contributed by atoms with Gasteiger partial charge >= 0.3 is 5.97 Å². The molecule has 0 bridgehead atoms. The van der Waals surface area contributed by atoms with Crippen LogP contribution in [0.3, 0.4) is 0 Å². The number of hydrogen-bond acceptors (Lipinski definition) is 28. The Hall–Kier alpha value is -5.36. The molecule has 34 nitrogen and oxygen atoms in total. The molecule has 0 radical (unpaired) electrons. The van der Waals surface area contributed by atoms with E-state index in [0.717, 1.165) is 33.1 Å². The molecular weight excluding hydrogens is 1380 g/mol. The second kappa shape index (κ2) is 56.9. The van der Waals surface area contributed by atoms with Gasteiger partial charge in [-0.3, -0.25) is 43.0 Å². The van der Waals surface area contributed by atoms with Crippen molar-refractivity contribution in [2.45, 2.75) is 91.6 Å². The van der Waals surface area contributed by atoms with Crippen LogP contribution < -0.4 is 16.0 Å². The fourth-order valence-electron chi connectivity index (χ4n) is 9.27. The highest BCUT2D eigenvalue weighted by atomic mass is 32.2. The molecule has 35 heteroatoms. The van der Waals surface area contributed by atoms with Crippen LogP contribution in [0.2, 0.25) is 0 Å². The Kier molecular flexibility index (Phi) is 50.7. The molecule has 0 spiro atoms. The number of likely N-dealkylation sites (tertiary alicyclic amines) is 1. The molecular formula is C68H115N5O29S. The first kappa shape index (κ1) is 91.8. The predicted molar refractivity (Wildman–Crippen MR) is 369 cm³/mol. The van der Waals surface area contributed by atoms with Gasteiger partial charge in [-0.1, -0.05) is 19.9 Å². The Bertz CT molecular complexity index is 2640. The van der Waals surface area contributed by atoms with Crippen molar-refractivity contribution in [3.63, 3.8) is 0 Å². The molecule has 0 aliphatic carbocycles. The summed E-state index contributed by atoms with van der Waals surface area (Å²) in [4.78, 5) is 94.0. The number of benzene rings is 1. The zero-order chi connectivity index (χ0) is 75.2. The number of carbonyl (C=O) groups excluding carboxylic acids is 7. The smallest absolute Gasteiger partial charge is 0.311 e. The summed E-state index contributed by atoms with van der Waals surface area (Å²) in [6.07, 6.45) is 2.96. The SMILES string of the molecule is COCCOCCOCCOCCOCCOCCOCOCCOCCOCCOCCOCCOCCOCCOCCOCCOCCCc1cc(NC(=O)[C@H](C)NC(=O)[C@@H](NC(=O)CN2C(=O)[C@@H](N3C(=O)C=CC3=O)C[C@H]2COCCS(=O)(=O)O)C(C)C)ccc1COC(=O)C(C)(C)C. The van der Waals surface area contributed by atoms with Gasteiger partial charge in [0.15, 0.2) is 0 Å². The number of carbonyl (C=O) groups is 7. The quantitative estimate of drug-likeness (QED) is 0.0232. The van der Waals surface area contributed by atoms with Crippen LogP contribution in [0.4, 0.5) is 5.69 Å². The van der Waals surface area contributed by atoms with E-state index in [2.05, 4.69) is 16.0 Å². The van der Waals surface area contributed by atoms with E-state index < -0.39 is 100.0 Å². The summed E-state index contributed by atoms with van der Waals surface area (Å²) in [6.45, 7) is 22.6. The molecule has 3 rings (SSSR count). The number of nitrogens with zero attached hydrogens (tertiary/aromatic N) is 2. The molecule has 1 aromatic carbocycles. The molecule has 0 saturated carbocycles. The molecule has 592 valence electrons. The van der Waals surface area contributed by atoms with E-state index in [-0.39, 0.29) is 32.4 Å². The van der Waals surface area contributed by atoms with Crippen LogP contribution in [0.25, 0.3) is 0 Å². The monoisotopic (exact) mass is 1500 g/mol. The Labute approximate surface area is 605 Å². The van der Waals surface area contributed by atoms with E-state index in [1.807, 2.05) is 0 Å². The Morgan fingerprint density at radius 2 is 0.942 bits per heavy atom. The van der Waals surface area contributed by atoms with Gasteiger partial charge in [0.1, 0.15) is 31.5 Å². The first-order valence-electron chi connectivity index (χ1n) is 34.9. The minimum absolute atomic E-state index is 0.00826. The number of methoxy groups -OCH3 is 1. The van der Waals surface area contributed by atoms with Crippen LogP contribution in [-0.2, 0) is 147 Å². The molecule has 6 amide bonds. The van der Waals surface area contributed by atoms with Crippen LogP contribution in [-0.4, -0.2) is 333 Å². The maximum atomic E-state index is 13.7. The number of nitrogens with one attached hydrogen (secondary N) is 3. The van der Waals surface area contributed by atoms with Gasteiger partial charge in [-0.05, 0) is 69.7 Å². The molecule has 2 aliphatic heterocycles. The van der Waals surface area contributed by atoms with Crippen molar-refractivity contribution >= 4 is 57.2 Å². The maximum absolute atomic E-state index is 13.7. The molecule has 1 fully saturated rings. The van der Waals surface area contributed by atoms with Crippen molar-refractivity contribution < 1.29 is 137 Å². The minimum Gasteiger partial charge on any atom is -0.460 e. The fourth-order valence-corrected chi connectivity index (χ4v) is 9.60. The molecule has 1 saturated heterocycles. The van der Waals surface area contributed by atoms with E-state index in [4.69, 9.17) is 94.6 Å². The largest absolute Gasteiger partial charge is 0.460 e. The third-order valence-corrected chi connectivity index (χ3v) is 15.5. The van der Waals surface area contributed by atoms with E-state index >= 15 is 0 Å². The highest BCUT2D eigenvalue weighted by Gasteiger charge is 2.47. The summed E-state index contributed by atoms with van der Waals surface area (Å²) in [5.74, 6) is -5.91. The number of esters is 1. The lowest BCUT2D eigenvalue weighted by atomic mass is 9.97. The van der Waals surface area contributed by atoms with Gasteiger partial charge in [0.25, 0.3) is 21.9 Å². The summed E-state index contributed by atoms with van der Waals surface area (Å²) in [6, 6.07) is 0.673. The summed E-state index contributed by atoms with van der Waals surface area (Å²) in [5.41, 5.74) is 1.18. The van der Waals surface area contributed by atoms with Crippen molar-refractivity contribution in [1.29, 1.82) is 0 Å². The summed E-state index contributed by atoms with van der Waals surface area (Å²) < 4.78 is 136. The van der Waals surface area contributed by atoms with Crippen LogP contribution in [0, 0.1) is 11.3 Å². The van der Waals surface area contributed by atoms with Gasteiger partial charge in [-0.25, -0.2) is 0 Å². The standard InChI is InChI=1S/C68H115N5O29S/c1-53(2)63(71-60(74)49-72-58(51-99-45-46-103(81,82)83)48-59(66(72)79)73-61(75)12-13-62(73)76)65(78)69-54(3)64(77)70-57-11-10-56(50-102-67(80)68(4,5)6)55(47-57)9-8-14-85-17-18-87-21-22-89-25-26-91-27-28-92-29-30-93-31-32-94-34-36-96-38-40-98-42-44-101-52-100-43-41-97-39-37-95-35-33-90-24-23-88-20-19-86-16-15-84-7/h10-13,47,53-54,58-59,63H,8-9,14-46,48-52H2,1-7H3,(H,69,78)(H,70,77)(H,71,74)(H,81,82,83)/t54-,58-,59-,63-/m0/s1. The number of hydrogen-bond donors (Lipinski definition) is 4. The van der Waals surface area contributed by atoms with Crippen molar-refractivity contribution in [3.8, 4) is 0 Å². The summed E-state index contributed by atoms with van der Waals surface area (Å²) in [7, 11) is -2.73. The number of aryl methyl sites for hydroxylation is 1. The molecule has 0 unspecified atom stereocenters. The number of rotatable bonds is 67. The van der Waals surface area contributed by atoms with Crippen molar-refractivity contribution in [1.82, 2.24) is 20.4 Å². The third-order valence-electron chi connectivity index (χ3n) is 14.8. The normalized spacial score (nSPS) is 15.4. The van der Waals surface area contributed by atoms with Gasteiger partial charge in [0.2, 0.25) is 23.6 Å². The predicted octanol–water partition coefficient (Wildman–Crippen LogP) is 0.961. The molecule has 103 heavy (non-hydrogen) atoms. The van der Waals surface area contributed by atoms with E-state index in [9.17, 15) is 42.0 Å². The molecule has 0 aromatic heterocycles. The van der Waals surface area contributed by atoms with Gasteiger partial charge in [0.05, 0.1) is 235 Å². The summed E-state index contributed by atoms with van der Waals surface area (Å²) >= 11 is 0. The first-order chi connectivity index (χ1) is 49.6. The lowest BCUT2D eigenvalue weighted by Gasteiger charge is -2.27. The van der Waals surface area contributed by atoms with Gasteiger partial charge in [-0.15, -0.1) is 0 Å². The second-order valence-corrected chi connectivity index (χ2v) is 26.1. The zero-order valence-corrected chi connectivity index (χ0v) is 62.1. The van der Waals surface area contributed by atoms with Crippen molar-refractivity contribution in [3.05, 3.63) is 41.5 Å². The van der Waals surface area contributed by atoms with Crippen molar-refractivity contribution in [2.75, 3.05) is 250 Å². The Morgan fingerprint density at radius 1 is 0.534 bits per heavy atom. The fraction of sp³-hybridized carbons (Fsp3) is 0.779. The number of anilines is 1. The lowest BCUT2D eigenvalue weighted by Crippen LogP contribution is -2.56. The number of ether oxygens (including phenoxy) is 19. The average molecular weight is 1500 g/mol. The van der Waals surface area contributed by atoms with E-state index in [0.29, 0.717) is 223 Å². The molecule has 4 atom stereocenters. The Balaban J connectivity index is 1.16. The second-order valence-electron chi connectivity index (χ2n) is 24.5. The number of imide groups is 1. The molecule has 4 N–H and O–H groups in total.